The average molecular weight is 394 g/mol. The molecule has 0 aliphatic heterocycles. The van der Waals surface area contributed by atoms with Gasteiger partial charge in [0.2, 0.25) is 10.0 Å². The fourth-order valence-corrected chi connectivity index (χ4v) is 3.56. The SMILES string of the molecule is CCCCS(=O)(=O)NC(=O)c1c[nH]c2cc(Cl)c(Br)cc12. The summed E-state index contributed by atoms with van der Waals surface area (Å²) in [6.07, 6.45) is 2.73. The van der Waals surface area contributed by atoms with Crippen LogP contribution in [0.15, 0.2) is 22.8 Å². The van der Waals surface area contributed by atoms with E-state index in [1.165, 1.54) is 6.20 Å². The van der Waals surface area contributed by atoms with E-state index in [9.17, 15) is 13.2 Å². The highest BCUT2D eigenvalue weighted by Crippen LogP contribution is 2.29. The molecule has 0 fully saturated rings. The molecule has 1 amide bonds. The van der Waals surface area contributed by atoms with Crippen molar-refractivity contribution < 1.29 is 13.2 Å². The fourth-order valence-electron chi connectivity index (χ4n) is 1.89. The van der Waals surface area contributed by atoms with Gasteiger partial charge in [0.15, 0.2) is 0 Å². The number of carbonyl (C=O) groups excluding carboxylic acids is 1. The molecule has 21 heavy (non-hydrogen) atoms. The van der Waals surface area contributed by atoms with E-state index in [1.54, 1.807) is 12.1 Å². The predicted octanol–water partition coefficient (Wildman–Crippen LogP) is 3.44. The molecule has 114 valence electrons. The molecule has 2 aromatic rings. The zero-order valence-corrected chi connectivity index (χ0v) is 14.4. The molecule has 1 aromatic heterocycles. The van der Waals surface area contributed by atoms with Gasteiger partial charge in [-0.1, -0.05) is 24.9 Å². The van der Waals surface area contributed by atoms with Gasteiger partial charge in [-0.2, -0.15) is 0 Å². The van der Waals surface area contributed by atoms with E-state index in [-0.39, 0.29) is 11.3 Å². The third kappa shape index (κ3) is 3.78. The van der Waals surface area contributed by atoms with E-state index in [2.05, 4.69) is 25.6 Å². The first-order chi connectivity index (χ1) is 9.84. The van der Waals surface area contributed by atoms with Crippen LogP contribution in [-0.4, -0.2) is 25.1 Å². The van der Waals surface area contributed by atoms with E-state index in [0.29, 0.717) is 26.8 Å². The third-order valence-corrected chi connectivity index (χ3v) is 5.50. The molecule has 0 atom stereocenters. The molecule has 0 unspecified atom stereocenters. The minimum atomic E-state index is -3.61. The van der Waals surface area contributed by atoms with Crippen molar-refractivity contribution in [1.29, 1.82) is 0 Å². The molecule has 1 heterocycles. The van der Waals surface area contributed by atoms with Gasteiger partial charge in [-0.15, -0.1) is 0 Å². The largest absolute Gasteiger partial charge is 0.360 e. The minimum absolute atomic E-state index is 0.0624. The Balaban J connectivity index is 2.30. The van der Waals surface area contributed by atoms with Crippen molar-refractivity contribution in [3.05, 3.63) is 33.4 Å². The Kier molecular flexibility index (Phi) is 4.95. The molecular weight excluding hydrogens is 380 g/mol. The normalized spacial score (nSPS) is 11.8. The fraction of sp³-hybridized carbons (Fsp3) is 0.308. The van der Waals surface area contributed by atoms with Crippen LogP contribution in [0, 0.1) is 0 Å². The van der Waals surface area contributed by atoms with Gasteiger partial charge in [-0.05, 0) is 34.5 Å². The van der Waals surface area contributed by atoms with Crippen LogP contribution in [0.5, 0.6) is 0 Å². The first-order valence-electron chi connectivity index (χ1n) is 6.35. The van der Waals surface area contributed by atoms with Gasteiger partial charge in [0.1, 0.15) is 0 Å². The number of halogens is 2. The number of hydrogen-bond acceptors (Lipinski definition) is 3. The van der Waals surface area contributed by atoms with Crippen molar-refractivity contribution in [2.24, 2.45) is 0 Å². The van der Waals surface area contributed by atoms with Crippen LogP contribution in [-0.2, 0) is 10.0 Å². The quantitative estimate of drug-likeness (QED) is 0.816. The standard InChI is InChI=1S/C13H14BrClN2O3S/c1-2-3-4-21(19,20)17-13(18)9-7-16-12-6-11(15)10(14)5-8(9)12/h5-7,16H,2-4H2,1H3,(H,17,18). The number of aromatic nitrogens is 1. The maximum absolute atomic E-state index is 12.1. The van der Waals surface area contributed by atoms with Crippen LogP contribution in [0.2, 0.25) is 5.02 Å². The Morgan fingerprint density at radius 1 is 1.43 bits per heavy atom. The van der Waals surface area contributed by atoms with Crippen molar-refractivity contribution in [3.8, 4) is 0 Å². The number of amides is 1. The van der Waals surface area contributed by atoms with E-state index < -0.39 is 15.9 Å². The molecule has 1 aromatic carbocycles. The number of fused-ring (bicyclic) bond motifs is 1. The lowest BCUT2D eigenvalue weighted by molar-refractivity contribution is 0.0983. The number of sulfonamides is 1. The number of carbonyl (C=O) groups is 1. The monoisotopic (exact) mass is 392 g/mol. The number of H-pyrrole nitrogens is 1. The lowest BCUT2D eigenvalue weighted by Gasteiger charge is -2.05. The third-order valence-electron chi connectivity index (χ3n) is 2.98. The summed E-state index contributed by atoms with van der Waals surface area (Å²) in [5.41, 5.74) is 0.932. The van der Waals surface area contributed by atoms with Gasteiger partial charge < -0.3 is 4.98 Å². The van der Waals surface area contributed by atoms with Crippen molar-refractivity contribution in [3.63, 3.8) is 0 Å². The van der Waals surface area contributed by atoms with E-state index in [4.69, 9.17) is 11.6 Å². The highest BCUT2D eigenvalue weighted by Gasteiger charge is 2.19. The molecule has 0 saturated heterocycles. The van der Waals surface area contributed by atoms with Crippen LogP contribution in [0.25, 0.3) is 10.9 Å². The van der Waals surface area contributed by atoms with Crippen LogP contribution >= 0.6 is 27.5 Å². The highest BCUT2D eigenvalue weighted by atomic mass is 79.9. The Bertz CT molecular complexity index is 786. The molecule has 0 radical (unpaired) electrons. The number of unbranched alkanes of at least 4 members (excludes halogenated alkanes) is 1. The summed E-state index contributed by atoms with van der Waals surface area (Å²) in [5.74, 6) is -0.709. The lowest BCUT2D eigenvalue weighted by Crippen LogP contribution is -2.32. The van der Waals surface area contributed by atoms with Gasteiger partial charge in [0.25, 0.3) is 5.91 Å². The maximum atomic E-state index is 12.1. The first-order valence-corrected chi connectivity index (χ1v) is 9.17. The van der Waals surface area contributed by atoms with Gasteiger partial charge in [0.05, 0.1) is 16.3 Å². The molecule has 2 N–H and O–H groups in total. The maximum Gasteiger partial charge on any atom is 0.266 e. The summed E-state index contributed by atoms with van der Waals surface area (Å²) in [6, 6.07) is 3.35. The zero-order chi connectivity index (χ0) is 15.6. The molecule has 5 nitrogen and oxygen atoms in total. The smallest absolute Gasteiger partial charge is 0.266 e. The summed E-state index contributed by atoms with van der Waals surface area (Å²) in [7, 11) is -3.61. The number of aromatic amines is 1. The van der Waals surface area contributed by atoms with Crippen LogP contribution < -0.4 is 4.72 Å². The Morgan fingerprint density at radius 2 is 2.14 bits per heavy atom. The predicted molar refractivity (Wildman–Crippen MR) is 87.2 cm³/mol. The number of nitrogens with one attached hydrogen (secondary N) is 2. The molecule has 0 bridgehead atoms. The average Bonchev–Trinajstić information content (AvgIpc) is 2.79. The summed E-state index contributed by atoms with van der Waals surface area (Å²) in [5, 5.41) is 1.11. The molecule has 0 spiro atoms. The molecule has 0 aliphatic rings. The lowest BCUT2D eigenvalue weighted by atomic mass is 10.2. The van der Waals surface area contributed by atoms with Crippen LogP contribution in [0.4, 0.5) is 0 Å². The van der Waals surface area contributed by atoms with E-state index in [0.717, 1.165) is 6.42 Å². The van der Waals surface area contributed by atoms with Gasteiger partial charge in [-0.25, -0.2) is 13.1 Å². The highest BCUT2D eigenvalue weighted by molar-refractivity contribution is 9.10. The number of hydrogen-bond donors (Lipinski definition) is 2. The molecule has 0 aliphatic carbocycles. The number of benzene rings is 1. The van der Waals surface area contributed by atoms with E-state index >= 15 is 0 Å². The summed E-state index contributed by atoms with van der Waals surface area (Å²) < 4.78 is 26.3. The Hall–Kier alpha value is -1.05. The second-order valence-electron chi connectivity index (χ2n) is 4.62. The second-order valence-corrected chi connectivity index (χ2v) is 7.72. The Morgan fingerprint density at radius 3 is 2.81 bits per heavy atom. The first kappa shape index (κ1) is 16.3. The van der Waals surface area contributed by atoms with Crippen molar-refractivity contribution in [1.82, 2.24) is 9.71 Å². The molecular formula is C13H14BrClN2O3S. The van der Waals surface area contributed by atoms with Crippen LogP contribution in [0.3, 0.4) is 0 Å². The number of rotatable bonds is 5. The zero-order valence-electron chi connectivity index (χ0n) is 11.2. The van der Waals surface area contributed by atoms with Gasteiger partial charge in [-0.3, -0.25) is 4.79 Å². The summed E-state index contributed by atoms with van der Waals surface area (Å²) in [4.78, 5) is 15.0. The van der Waals surface area contributed by atoms with Crippen LogP contribution in [0.1, 0.15) is 30.1 Å². The Labute approximate surface area is 136 Å². The molecule has 8 heteroatoms. The molecule has 2 rings (SSSR count). The van der Waals surface area contributed by atoms with Crippen molar-refractivity contribution in [2.45, 2.75) is 19.8 Å². The summed E-state index contributed by atoms with van der Waals surface area (Å²) >= 11 is 9.26. The second kappa shape index (κ2) is 6.37. The van der Waals surface area contributed by atoms with Crippen molar-refractivity contribution >= 4 is 54.4 Å². The van der Waals surface area contributed by atoms with Gasteiger partial charge in [0, 0.05) is 21.6 Å². The van der Waals surface area contributed by atoms with E-state index in [1.807, 2.05) is 6.92 Å². The topological polar surface area (TPSA) is 79.0 Å². The van der Waals surface area contributed by atoms with Gasteiger partial charge >= 0.3 is 0 Å². The minimum Gasteiger partial charge on any atom is -0.360 e. The summed E-state index contributed by atoms with van der Waals surface area (Å²) in [6.45, 7) is 1.89. The molecule has 0 saturated carbocycles. The van der Waals surface area contributed by atoms with Crippen molar-refractivity contribution in [2.75, 3.05) is 5.75 Å².